The topological polar surface area (TPSA) is 48.0 Å². The summed E-state index contributed by atoms with van der Waals surface area (Å²) in [5.41, 5.74) is 0.948. The second kappa shape index (κ2) is 8.25. The molecule has 5 nitrogen and oxygen atoms in total. The Bertz CT molecular complexity index is 560. The second-order valence-electron chi connectivity index (χ2n) is 10.4. The molecule has 1 amide bonds. The average Bonchev–Trinajstić information content (AvgIpc) is 2.47. The molecule has 2 unspecified atom stereocenters. The van der Waals surface area contributed by atoms with Crippen molar-refractivity contribution >= 4 is 14.4 Å². The van der Waals surface area contributed by atoms with Gasteiger partial charge in [0.25, 0.3) is 0 Å². The maximum Gasteiger partial charge on any atom is 0.411 e. The number of carbonyl (C=O) groups excluding carboxylic acids is 1. The minimum atomic E-state index is -1.67. The van der Waals surface area contributed by atoms with E-state index in [1.165, 1.54) is 5.57 Å². The summed E-state index contributed by atoms with van der Waals surface area (Å²) >= 11 is 0. The van der Waals surface area contributed by atoms with Crippen molar-refractivity contribution in [2.45, 2.75) is 96.6 Å². The highest BCUT2D eigenvalue weighted by Gasteiger charge is 2.40. The maximum atomic E-state index is 12.6. The molecular formula is C21H39NO4Si. The lowest BCUT2D eigenvalue weighted by molar-refractivity contribution is -0.0538. The van der Waals surface area contributed by atoms with Gasteiger partial charge in [0.2, 0.25) is 0 Å². The van der Waals surface area contributed by atoms with Crippen molar-refractivity contribution in [2.75, 3.05) is 19.8 Å². The summed E-state index contributed by atoms with van der Waals surface area (Å²) < 4.78 is 17.6. The zero-order valence-corrected chi connectivity index (χ0v) is 19.6. The van der Waals surface area contributed by atoms with Crippen LogP contribution in [0.3, 0.4) is 0 Å². The summed E-state index contributed by atoms with van der Waals surface area (Å²) in [6, 6.07) is 0.0727. The molecule has 6 heteroatoms. The van der Waals surface area contributed by atoms with Gasteiger partial charge in [-0.1, -0.05) is 32.4 Å². The van der Waals surface area contributed by atoms with Crippen LogP contribution in [0.2, 0.25) is 18.1 Å². The Morgan fingerprint density at radius 2 is 1.89 bits per heavy atom. The van der Waals surface area contributed by atoms with Crippen LogP contribution in [0.15, 0.2) is 11.6 Å². The lowest BCUT2D eigenvalue weighted by atomic mass is 9.92. The van der Waals surface area contributed by atoms with Crippen molar-refractivity contribution in [3.05, 3.63) is 11.6 Å². The van der Waals surface area contributed by atoms with Gasteiger partial charge >= 0.3 is 6.09 Å². The third-order valence-corrected chi connectivity index (χ3v) is 10.3. The molecule has 2 atom stereocenters. The van der Waals surface area contributed by atoms with Crippen molar-refractivity contribution in [1.82, 2.24) is 4.90 Å². The Balaban J connectivity index is 1.91. The molecule has 0 N–H and O–H groups in total. The molecule has 0 aromatic rings. The van der Waals surface area contributed by atoms with E-state index in [-0.39, 0.29) is 23.2 Å². The van der Waals surface area contributed by atoms with Gasteiger partial charge in [-0.2, -0.15) is 0 Å². The summed E-state index contributed by atoms with van der Waals surface area (Å²) in [5.74, 6) is 0. The van der Waals surface area contributed by atoms with Crippen LogP contribution in [-0.2, 0) is 13.9 Å². The Morgan fingerprint density at radius 3 is 2.44 bits per heavy atom. The van der Waals surface area contributed by atoms with Gasteiger partial charge in [0.05, 0.1) is 25.3 Å². The first-order valence-electron chi connectivity index (χ1n) is 10.2. The van der Waals surface area contributed by atoms with E-state index in [0.29, 0.717) is 13.2 Å². The van der Waals surface area contributed by atoms with Crippen molar-refractivity contribution in [3.63, 3.8) is 0 Å². The lowest BCUT2D eigenvalue weighted by Gasteiger charge is -2.44. The second-order valence-corrected chi connectivity index (χ2v) is 15.2. The fourth-order valence-electron chi connectivity index (χ4n) is 3.31. The molecule has 0 saturated carbocycles. The van der Waals surface area contributed by atoms with Gasteiger partial charge in [0, 0.05) is 6.61 Å². The standard InChI is InChI=1S/C21H39NO4Si/c1-20(2,3)26-19(23)22-17-12-16(13-18(22)15-24-14-17)10-9-11-25-27(7,8)21(4,5)6/h12,17-18H,9-11,13-15H2,1-8H3. The largest absolute Gasteiger partial charge is 0.444 e. The summed E-state index contributed by atoms with van der Waals surface area (Å²) in [4.78, 5) is 14.5. The van der Waals surface area contributed by atoms with Crippen LogP contribution >= 0.6 is 0 Å². The number of nitrogens with zero attached hydrogens (tertiary/aromatic N) is 1. The minimum absolute atomic E-state index is 0.0105. The van der Waals surface area contributed by atoms with Crippen LogP contribution in [-0.4, -0.2) is 56.8 Å². The van der Waals surface area contributed by atoms with E-state index in [2.05, 4.69) is 39.9 Å². The Morgan fingerprint density at radius 1 is 1.22 bits per heavy atom. The van der Waals surface area contributed by atoms with E-state index < -0.39 is 13.9 Å². The molecule has 27 heavy (non-hydrogen) atoms. The first-order valence-corrected chi connectivity index (χ1v) is 13.1. The summed E-state index contributed by atoms with van der Waals surface area (Å²) in [6.07, 6.45) is 4.92. The number of hydrogen-bond donors (Lipinski definition) is 0. The van der Waals surface area contributed by atoms with Crippen LogP contribution in [0, 0.1) is 0 Å². The predicted molar refractivity (Wildman–Crippen MR) is 112 cm³/mol. The first kappa shape index (κ1) is 22.4. The van der Waals surface area contributed by atoms with E-state index in [0.717, 1.165) is 25.9 Å². The van der Waals surface area contributed by atoms with Gasteiger partial charge in [-0.25, -0.2) is 4.79 Å². The van der Waals surface area contributed by atoms with Gasteiger partial charge in [0.1, 0.15) is 5.60 Å². The molecule has 2 bridgehead atoms. The molecule has 2 aliphatic rings. The van der Waals surface area contributed by atoms with Crippen molar-refractivity contribution in [3.8, 4) is 0 Å². The van der Waals surface area contributed by atoms with Crippen LogP contribution in [0.5, 0.6) is 0 Å². The van der Waals surface area contributed by atoms with Crippen molar-refractivity contribution in [1.29, 1.82) is 0 Å². The monoisotopic (exact) mass is 397 g/mol. The lowest BCUT2D eigenvalue weighted by Crippen LogP contribution is -2.57. The highest BCUT2D eigenvalue weighted by molar-refractivity contribution is 6.74. The van der Waals surface area contributed by atoms with Crippen molar-refractivity contribution in [2.24, 2.45) is 0 Å². The first-order chi connectivity index (χ1) is 12.3. The normalized spacial score (nSPS) is 23.9. The highest BCUT2D eigenvalue weighted by Crippen LogP contribution is 2.37. The zero-order chi connectivity index (χ0) is 20.5. The van der Waals surface area contributed by atoms with Gasteiger partial charge in [-0.3, -0.25) is 4.90 Å². The van der Waals surface area contributed by atoms with E-state index in [1.807, 2.05) is 25.7 Å². The molecule has 0 aliphatic carbocycles. The number of rotatable bonds is 5. The molecule has 1 saturated heterocycles. The minimum Gasteiger partial charge on any atom is -0.444 e. The molecule has 0 radical (unpaired) electrons. The van der Waals surface area contributed by atoms with Gasteiger partial charge in [-0.05, 0) is 58.2 Å². The molecule has 0 aromatic heterocycles. The highest BCUT2D eigenvalue weighted by atomic mass is 28.4. The fourth-order valence-corrected chi connectivity index (χ4v) is 4.40. The van der Waals surface area contributed by atoms with Gasteiger partial charge in [-0.15, -0.1) is 0 Å². The summed E-state index contributed by atoms with van der Waals surface area (Å²) in [7, 11) is -1.67. The van der Waals surface area contributed by atoms with E-state index in [1.54, 1.807) is 0 Å². The average molecular weight is 398 g/mol. The number of ether oxygens (including phenoxy) is 2. The number of morpholine rings is 1. The zero-order valence-electron chi connectivity index (χ0n) is 18.6. The smallest absolute Gasteiger partial charge is 0.411 e. The number of carbonyl (C=O) groups is 1. The molecule has 0 aromatic carbocycles. The van der Waals surface area contributed by atoms with E-state index in [9.17, 15) is 4.79 Å². The third-order valence-electron chi connectivity index (χ3n) is 5.79. The summed E-state index contributed by atoms with van der Waals surface area (Å²) in [5, 5.41) is 0.249. The third kappa shape index (κ3) is 6.06. The predicted octanol–water partition coefficient (Wildman–Crippen LogP) is 5.12. The van der Waals surface area contributed by atoms with Crippen molar-refractivity contribution < 1.29 is 18.7 Å². The molecule has 2 aliphatic heterocycles. The maximum absolute atomic E-state index is 12.6. The summed E-state index contributed by atoms with van der Waals surface area (Å²) in [6.45, 7) is 19.1. The molecular weight excluding hydrogens is 358 g/mol. The van der Waals surface area contributed by atoms with Crippen LogP contribution in [0.25, 0.3) is 0 Å². The molecule has 2 rings (SSSR count). The SMILES string of the molecule is CC(C)(C)OC(=O)N1C2C=C(CCCO[Si](C)(C)C(C)(C)C)CC1COC2. The molecule has 0 spiro atoms. The quantitative estimate of drug-likeness (QED) is 0.367. The molecule has 156 valence electrons. The fraction of sp³-hybridized carbons (Fsp3) is 0.857. The number of hydrogen-bond acceptors (Lipinski definition) is 4. The van der Waals surface area contributed by atoms with Gasteiger partial charge < -0.3 is 13.9 Å². The van der Waals surface area contributed by atoms with Crippen LogP contribution in [0.1, 0.15) is 60.8 Å². The number of amides is 1. The Kier molecular flexibility index (Phi) is 6.86. The Hall–Kier alpha value is -0.853. The molecule has 2 heterocycles. The number of fused-ring (bicyclic) bond motifs is 2. The van der Waals surface area contributed by atoms with Gasteiger partial charge in [0.15, 0.2) is 8.32 Å². The van der Waals surface area contributed by atoms with E-state index in [4.69, 9.17) is 13.9 Å². The Labute approximate surface area is 166 Å². The van der Waals surface area contributed by atoms with Crippen LogP contribution in [0.4, 0.5) is 4.79 Å². The molecule has 1 fully saturated rings. The van der Waals surface area contributed by atoms with Crippen LogP contribution < -0.4 is 0 Å². The van der Waals surface area contributed by atoms with E-state index >= 15 is 0 Å².